The second kappa shape index (κ2) is 6.96. The molecule has 3 rings (SSSR count). The quantitative estimate of drug-likeness (QED) is 0.742. The van der Waals surface area contributed by atoms with E-state index in [-0.39, 0.29) is 0 Å². The van der Waals surface area contributed by atoms with E-state index >= 15 is 0 Å². The summed E-state index contributed by atoms with van der Waals surface area (Å²) in [5.74, 6) is -0.0400. The zero-order valence-corrected chi connectivity index (χ0v) is 12.3. The number of aromatic nitrogens is 2. The smallest absolute Gasteiger partial charge is 0.297 e. The Labute approximate surface area is 132 Å². The molecule has 0 bridgehead atoms. The first-order valence-corrected chi connectivity index (χ1v) is 7.24. The zero-order chi connectivity index (χ0) is 16.1. The molecule has 1 aromatic heterocycles. The molecule has 23 heavy (non-hydrogen) atoms. The van der Waals surface area contributed by atoms with Crippen LogP contribution in [0.2, 0.25) is 0 Å². The van der Waals surface area contributed by atoms with Crippen LogP contribution in [0, 0.1) is 0 Å². The van der Waals surface area contributed by atoms with Crippen LogP contribution in [0.4, 0.5) is 14.6 Å². The van der Waals surface area contributed by atoms with Crippen molar-refractivity contribution in [1.82, 2.24) is 9.97 Å². The van der Waals surface area contributed by atoms with Gasteiger partial charge in [-0.15, -0.1) is 0 Å². The average Bonchev–Trinajstić information content (AvgIpc) is 2.59. The molecule has 0 saturated heterocycles. The summed E-state index contributed by atoms with van der Waals surface area (Å²) in [7, 11) is 0. The molecule has 0 fully saturated rings. The maximum absolute atomic E-state index is 12.9. The fourth-order valence-corrected chi connectivity index (χ4v) is 2.24. The SMILES string of the molecule is FC(F)c1nc(NC/C=C/c2ccccc2)c2ccccc2n1. The molecular formula is C18H15F2N3. The molecule has 3 nitrogen and oxygen atoms in total. The molecule has 2 aromatic carbocycles. The second-order valence-corrected chi connectivity index (χ2v) is 4.94. The highest BCUT2D eigenvalue weighted by molar-refractivity contribution is 5.89. The molecule has 3 aromatic rings. The second-order valence-electron chi connectivity index (χ2n) is 4.94. The van der Waals surface area contributed by atoms with Crippen LogP contribution in [0.1, 0.15) is 17.8 Å². The molecule has 0 radical (unpaired) electrons. The van der Waals surface area contributed by atoms with Gasteiger partial charge in [0.25, 0.3) is 6.43 Å². The fourth-order valence-electron chi connectivity index (χ4n) is 2.24. The summed E-state index contributed by atoms with van der Waals surface area (Å²) in [6.45, 7) is 0.485. The topological polar surface area (TPSA) is 37.8 Å². The fraction of sp³-hybridized carbons (Fsp3) is 0.111. The summed E-state index contributed by atoms with van der Waals surface area (Å²) in [6.07, 6.45) is 1.19. The van der Waals surface area contributed by atoms with Gasteiger partial charge in [0.05, 0.1) is 5.52 Å². The third-order valence-corrected chi connectivity index (χ3v) is 3.31. The molecule has 0 spiro atoms. The van der Waals surface area contributed by atoms with Crippen molar-refractivity contribution >= 4 is 22.8 Å². The molecule has 0 saturated carbocycles. The van der Waals surface area contributed by atoms with Crippen LogP contribution in [0.5, 0.6) is 0 Å². The van der Waals surface area contributed by atoms with Crippen LogP contribution in [0.25, 0.3) is 17.0 Å². The maximum Gasteiger partial charge on any atom is 0.297 e. The number of fused-ring (bicyclic) bond motifs is 1. The number of para-hydroxylation sites is 1. The van der Waals surface area contributed by atoms with Crippen molar-refractivity contribution in [2.24, 2.45) is 0 Å². The molecule has 0 amide bonds. The third kappa shape index (κ3) is 3.69. The highest BCUT2D eigenvalue weighted by atomic mass is 19.3. The molecule has 1 N–H and O–H groups in total. The van der Waals surface area contributed by atoms with Crippen molar-refractivity contribution in [3.05, 3.63) is 72.1 Å². The Kier molecular flexibility index (Phi) is 4.57. The molecule has 0 aliphatic carbocycles. The lowest BCUT2D eigenvalue weighted by Gasteiger charge is -2.09. The summed E-state index contributed by atoms with van der Waals surface area (Å²) in [6, 6.07) is 17.0. The first kappa shape index (κ1) is 15.1. The van der Waals surface area contributed by atoms with Gasteiger partial charge < -0.3 is 5.32 Å². The van der Waals surface area contributed by atoms with Crippen molar-refractivity contribution in [3.63, 3.8) is 0 Å². The third-order valence-electron chi connectivity index (χ3n) is 3.31. The van der Waals surface area contributed by atoms with Crippen LogP contribution in [-0.2, 0) is 0 Å². The number of anilines is 1. The number of rotatable bonds is 5. The summed E-state index contributed by atoms with van der Waals surface area (Å²) >= 11 is 0. The van der Waals surface area contributed by atoms with E-state index in [0.29, 0.717) is 17.9 Å². The average molecular weight is 311 g/mol. The number of alkyl halides is 2. The molecule has 116 valence electrons. The number of nitrogens with zero attached hydrogens (tertiary/aromatic N) is 2. The number of nitrogens with one attached hydrogen (secondary N) is 1. The number of hydrogen-bond acceptors (Lipinski definition) is 3. The van der Waals surface area contributed by atoms with Gasteiger partial charge in [0, 0.05) is 11.9 Å². The predicted octanol–water partition coefficient (Wildman–Crippen LogP) is 4.69. The highest BCUT2D eigenvalue weighted by Gasteiger charge is 2.14. The summed E-state index contributed by atoms with van der Waals surface area (Å²) in [5.41, 5.74) is 1.59. The van der Waals surface area contributed by atoms with Crippen LogP contribution < -0.4 is 5.32 Å². The van der Waals surface area contributed by atoms with E-state index < -0.39 is 12.2 Å². The van der Waals surface area contributed by atoms with Crippen LogP contribution >= 0.6 is 0 Å². The number of benzene rings is 2. The minimum absolute atomic E-state index is 0.420. The highest BCUT2D eigenvalue weighted by Crippen LogP contribution is 2.24. The number of halogens is 2. The lowest BCUT2D eigenvalue weighted by atomic mass is 10.2. The van der Waals surface area contributed by atoms with Gasteiger partial charge in [-0.25, -0.2) is 18.7 Å². The van der Waals surface area contributed by atoms with Crippen molar-refractivity contribution in [2.75, 3.05) is 11.9 Å². The van der Waals surface area contributed by atoms with Gasteiger partial charge in [0.15, 0.2) is 5.82 Å². The normalized spacial score (nSPS) is 11.4. The lowest BCUT2D eigenvalue weighted by Crippen LogP contribution is -2.05. The minimum atomic E-state index is -2.69. The molecule has 0 aliphatic rings. The Balaban J connectivity index is 1.80. The van der Waals surface area contributed by atoms with E-state index in [4.69, 9.17) is 0 Å². The maximum atomic E-state index is 12.9. The standard InChI is InChI=1S/C18H15F2N3/c19-16(20)18-22-15-11-5-4-10-14(15)17(23-18)21-12-6-9-13-7-2-1-3-8-13/h1-11,16H,12H2,(H,21,22,23)/b9-6+. The van der Waals surface area contributed by atoms with E-state index in [9.17, 15) is 8.78 Å². The Morgan fingerprint density at radius 1 is 0.957 bits per heavy atom. The van der Waals surface area contributed by atoms with Crippen LogP contribution in [0.3, 0.4) is 0 Å². The Hall–Kier alpha value is -2.82. The summed E-state index contributed by atoms with van der Waals surface area (Å²) in [5, 5.41) is 3.81. The van der Waals surface area contributed by atoms with Gasteiger partial charge in [-0.3, -0.25) is 0 Å². The molecule has 0 atom stereocenters. The molecule has 0 unspecified atom stereocenters. The van der Waals surface area contributed by atoms with E-state index in [2.05, 4.69) is 15.3 Å². The monoisotopic (exact) mass is 311 g/mol. The molecule has 0 aliphatic heterocycles. The molecular weight excluding hydrogens is 296 g/mol. The Morgan fingerprint density at radius 2 is 1.70 bits per heavy atom. The van der Waals surface area contributed by atoms with Crippen LogP contribution in [0.15, 0.2) is 60.7 Å². The van der Waals surface area contributed by atoms with Gasteiger partial charge in [-0.1, -0.05) is 54.6 Å². The van der Waals surface area contributed by atoms with E-state index in [1.165, 1.54) is 0 Å². The van der Waals surface area contributed by atoms with Gasteiger partial charge in [0.1, 0.15) is 5.82 Å². The van der Waals surface area contributed by atoms with Gasteiger partial charge in [-0.2, -0.15) is 0 Å². The Morgan fingerprint density at radius 3 is 2.48 bits per heavy atom. The predicted molar refractivity (Wildman–Crippen MR) is 88.5 cm³/mol. The van der Waals surface area contributed by atoms with E-state index in [1.54, 1.807) is 12.1 Å². The van der Waals surface area contributed by atoms with E-state index in [1.807, 2.05) is 54.6 Å². The summed E-state index contributed by atoms with van der Waals surface area (Å²) in [4.78, 5) is 7.83. The van der Waals surface area contributed by atoms with Gasteiger partial charge in [0.2, 0.25) is 0 Å². The first-order valence-electron chi connectivity index (χ1n) is 7.24. The zero-order valence-electron chi connectivity index (χ0n) is 12.3. The van der Waals surface area contributed by atoms with Crippen LogP contribution in [-0.4, -0.2) is 16.5 Å². The number of hydrogen-bond donors (Lipinski definition) is 1. The first-order chi connectivity index (χ1) is 11.2. The van der Waals surface area contributed by atoms with Gasteiger partial charge >= 0.3 is 0 Å². The van der Waals surface area contributed by atoms with Gasteiger partial charge in [-0.05, 0) is 17.7 Å². The van der Waals surface area contributed by atoms with Crippen molar-refractivity contribution in [3.8, 4) is 0 Å². The summed E-state index contributed by atoms with van der Waals surface area (Å²) < 4.78 is 25.8. The lowest BCUT2D eigenvalue weighted by molar-refractivity contribution is 0.141. The van der Waals surface area contributed by atoms with Crippen molar-refractivity contribution < 1.29 is 8.78 Å². The Bertz CT molecular complexity index is 817. The van der Waals surface area contributed by atoms with Crippen molar-refractivity contribution in [1.29, 1.82) is 0 Å². The molecule has 1 heterocycles. The molecule has 5 heteroatoms. The van der Waals surface area contributed by atoms with Crippen molar-refractivity contribution in [2.45, 2.75) is 6.43 Å². The minimum Gasteiger partial charge on any atom is -0.366 e. The van der Waals surface area contributed by atoms with E-state index in [0.717, 1.165) is 10.9 Å². The largest absolute Gasteiger partial charge is 0.366 e.